The fraction of sp³-hybridized carbons (Fsp3) is 0.462. The molecular formula is C13H20N4O2S2. The van der Waals surface area contributed by atoms with Crippen LogP contribution in [0.3, 0.4) is 0 Å². The van der Waals surface area contributed by atoms with Crippen LogP contribution in [0.2, 0.25) is 0 Å². The van der Waals surface area contributed by atoms with Gasteiger partial charge in [0.1, 0.15) is 4.90 Å². The maximum atomic E-state index is 12.1. The standard InChI is InChI=1S/C13H20N4O2S2/c1-2-14-5-3-6-17-10-13(9-15-17)21(18,19)16-8-12-4-7-20-11-12/h4,7,9-11,14,16H,2-3,5-6,8H2,1H3. The molecule has 116 valence electrons. The van der Waals surface area contributed by atoms with Gasteiger partial charge >= 0.3 is 0 Å². The first-order valence-electron chi connectivity index (χ1n) is 6.85. The molecule has 0 radical (unpaired) electrons. The maximum Gasteiger partial charge on any atom is 0.243 e. The Morgan fingerprint density at radius 3 is 3.00 bits per heavy atom. The lowest BCUT2D eigenvalue weighted by Gasteiger charge is -2.03. The molecule has 21 heavy (non-hydrogen) atoms. The molecule has 2 rings (SSSR count). The summed E-state index contributed by atoms with van der Waals surface area (Å²) >= 11 is 1.55. The first-order valence-corrected chi connectivity index (χ1v) is 9.28. The minimum absolute atomic E-state index is 0.209. The van der Waals surface area contributed by atoms with Crippen molar-refractivity contribution in [3.05, 3.63) is 34.8 Å². The second-order valence-electron chi connectivity index (χ2n) is 4.60. The molecular weight excluding hydrogens is 308 g/mol. The summed E-state index contributed by atoms with van der Waals surface area (Å²) in [6.07, 6.45) is 3.88. The van der Waals surface area contributed by atoms with Crippen molar-refractivity contribution in [2.24, 2.45) is 0 Å². The summed E-state index contributed by atoms with van der Waals surface area (Å²) in [6.45, 7) is 4.89. The van der Waals surface area contributed by atoms with Gasteiger partial charge in [0, 0.05) is 19.3 Å². The van der Waals surface area contributed by atoms with Crippen LogP contribution >= 0.6 is 11.3 Å². The lowest BCUT2D eigenvalue weighted by atomic mass is 10.4. The lowest BCUT2D eigenvalue weighted by molar-refractivity contribution is 0.549. The van der Waals surface area contributed by atoms with E-state index < -0.39 is 10.0 Å². The number of sulfonamides is 1. The monoisotopic (exact) mass is 328 g/mol. The van der Waals surface area contributed by atoms with Crippen LogP contribution in [-0.4, -0.2) is 31.3 Å². The van der Waals surface area contributed by atoms with Gasteiger partial charge in [-0.05, 0) is 41.9 Å². The first kappa shape index (κ1) is 16.2. The number of nitrogens with zero attached hydrogens (tertiary/aromatic N) is 2. The summed E-state index contributed by atoms with van der Waals surface area (Å²) < 4.78 is 28.5. The van der Waals surface area contributed by atoms with Crippen molar-refractivity contribution >= 4 is 21.4 Å². The van der Waals surface area contributed by atoms with E-state index in [0.29, 0.717) is 13.1 Å². The Morgan fingerprint density at radius 2 is 2.29 bits per heavy atom. The van der Waals surface area contributed by atoms with E-state index >= 15 is 0 Å². The van der Waals surface area contributed by atoms with Crippen LogP contribution < -0.4 is 10.0 Å². The SMILES string of the molecule is CCNCCCn1cc(S(=O)(=O)NCc2ccsc2)cn1. The van der Waals surface area contributed by atoms with Gasteiger partial charge in [0.2, 0.25) is 10.0 Å². The zero-order chi connectivity index (χ0) is 15.1. The molecule has 0 aliphatic heterocycles. The largest absolute Gasteiger partial charge is 0.317 e. The van der Waals surface area contributed by atoms with Gasteiger partial charge in [-0.2, -0.15) is 16.4 Å². The van der Waals surface area contributed by atoms with Crippen molar-refractivity contribution in [3.63, 3.8) is 0 Å². The molecule has 0 saturated heterocycles. The van der Waals surface area contributed by atoms with Crippen LogP contribution in [0.1, 0.15) is 18.9 Å². The van der Waals surface area contributed by atoms with E-state index in [0.717, 1.165) is 25.1 Å². The van der Waals surface area contributed by atoms with Crippen molar-refractivity contribution in [2.75, 3.05) is 13.1 Å². The lowest BCUT2D eigenvalue weighted by Crippen LogP contribution is -2.22. The second-order valence-corrected chi connectivity index (χ2v) is 7.15. The Hall–Kier alpha value is -1.22. The topological polar surface area (TPSA) is 76.0 Å². The van der Waals surface area contributed by atoms with E-state index in [1.54, 1.807) is 22.2 Å². The minimum Gasteiger partial charge on any atom is -0.317 e. The van der Waals surface area contributed by atoms with Gasteiger partial charge in [-0.15, -0.1) is 0 Å². The molecule has 2 aromatic heterocycles. The highest BCUT2D eigenvalue weighted by Crippen LogP contribution is 2.10. The van der Waals surface area contributed by atoms with Crippen molar-refractivity contribution in [1.82, 2.24) is 19.8 Å². The number of aryl methyl sites for hydroxylation is 1. The minimum atomic E-state index is -3.50. The van der Waals surface area contributed by atoms with Crippen LogP contribution in [0, 0.1) is 0 Å². The van der Waals surface area contributed by atoms with Crippen LogP contribution in [0.15, 0.2) is 34.1 Å². The van der Waals surface area contributed by atoms with Crippen molar-refractivity contribution in [2.45, 2.75) is 31.3 Å². The van der Waals surface area contributed by atoms with E-state index in [4.69, 9.17) is 0 Å². The molecule has 2 N–H and O–H groups in total. The average Bonchev–Trinajstić information content (AvgIpc) is 3.13. The summed E-state index contributed by atoms with van der Waals surface area (Å²) in [5, 5.41) is 11.2. The molecule has 2 heterocycles. The molecule has 0 aromatic carbocycles. The van der Waals surface area contributed by atoms with E-state index in [1.807, 2.05) is 16.8 Å². The molecule has 0 aliphatic carbocycles. The molecule has 6 nitrogen and oxygen atoms in total. The Bertz CT molecular complexity index is 635. The number of hydrogen-bond donors (Lipinski definition) is 2. The predicted molar refractivity (Wildman–Crippen MR) is 83.7 cm³/mol. The fourth-order valence-corrected chi connectivity index (χ4v) is 3.44. The average molecular weight is 328 g/mol. The summed E-state index contributed by atoms with van der Waals surface area (Å²) in [6, 6.07) is 1.90. The van der Waals surface area contributed by atoms with Gasteiger partial charge in [0.25, 0.3) is 0 Å². The zero-order valence-corrected chi connectivity index (χ0v) is 13.6. The molecule has 0 amide bonds. The van der Waals surface area contributed by atoms with Crippen LogP contribution in [0.4, 0.5) is 0 Å². The fourth-order valence-electron chi connectivity index (χ4n) is 1.80. The molecule has 0 saturated carbocycles. The Morgan fingerprint density at radius 1 is 1.43 bits per heavy atom. The van der Waals surface area contributed by atoms with Crippen molar-refractivity contribution in [1.29, 1.82) is 0 Å². The summed E-state index contributed by atoms with van der Waals surface area (Å²) in [5.74, 6) is 0. The maximum absolute atomic E-state index is 12.1. The Labute approximate surface area is 129 Å². The predicted octanol–water partition coefficient (Wildman–Crippen LogP) is 1.42. The summed E-state index contributed by atoms with van der Waals surface area (Å²) in [4.78, 5) is 0.209. The van der Waals surface area contributed by atoms with Crippen molar-refractivity contribution in [3.8, 4) is 0 Å². The normalized spacial score (nSPS) is 11.9. The summed E-state index contributed by atoms with van der Waals surface area (Å²) in [5.41, 5.74) is 0.960. The summed E-state index contributed by atoms with van der Waals surface area (Å²) in [7, 11) is -3.50. The third kappa shape index (κ3) is 4.92. The quantitative estimate of drug-likeness (QED) is 0.683. The smallest absolute Gasteiger partial charge is 0.243 e. The van der Waals surface area contributed by atoms with Gasteiger partial charge < -0.3 is 5.32 Å². The molecule has 0 aliphatic rings. The molecule has 0 bridgehead atoms. The van der Waals surface area contributed by atoms with E-state index in [1.165, 1.54) is 6.20 Å². The highest BCUT2D eigenvalue weighted by atomic mass is 32.2. The van der Waals surface area contributed by atoms with Gasteiger partial charge in [-0.3, -0.25) is 4.68 Å². The Balaban J connectivity index is 1.89. The molecule has 0 atom stereocenters. The highest BCUT2D eigenvalue weighted by Gasteiger charge is 2.16. The molecule has 8 heteroatoms. The van der Waals surface area contributed by atoms with Gasteiger partial charge in [-0.1, -0.05) is 6.92 Å². The molecule has 0 spiro atoms. The zero-order valence-electron chi connectivity index (χ0n) is 11.9. The van der Waals surface area contributed by atoms with E-state index in [2.05, 4.69) is 22.1 Å². The number of nitrogens with one attached hydrogen (secondary N) is 2. The number of thiophene rings is 1. The second kappa shape index (κ2) is 7.69. The number of hydrogen-bond acceptors (Lipinski definition) is 5. The molecule has 0 unspecified atom stereocenters. The molecule has 2 aromatic rings. The van der Waals surface area contributed by atoms with E-state index in [9.17, 15) is 8.42 Å². The van der Waals surface area contributed by atoms with Crippen LogP contribution in [0.5, 0.6) is 0 Å². The van der Waals surface area contributed by atoms with Crippen LogP contribution in [-0.2, 0) is 23.1 Å². The Kier molecular flexibility index (Phi) is 5.92. The van der Waals surface area contributed by atoms with Gasteiger partial charge in [-0.25, -0.2) is 13.1 Å². The highest BCUT2D eigenvalue weighted by molar-refractivity contribution is 7.89. The number of rotatable bonds is 9. The van der Waals surface area contributed by atoms with Gasteiger partial charge in [0.15, 0.2) is 0 Å². The third-order valence-corrected chi connectivity index (χ3v) is 5.04. The van der Waals surface area contributed by atoms with Crippen LogP contribution in [0.25, 0.3) is 0 Å². The van der Waals surface area contributed by atoms with E-state index in [-0.39, 0.29) is 4.90 Å². The number of aromatic nitrogens is 2. The molecule has 0 fully saturated rings. The van der Waals surface area contributed by atoms with Gasteiger partial charge in [0.05, 0.1) is 6.20 Å². The first-order chi connectivity index (χ1) is 10.1. The van der Waals surface area contributed by atoms with Crippen molar-refractivity contribution < 1.29 is 8.42 Å². The third-order valence-electron chi connectivity index (χ3n) is 2.96.